The van der Waals surface area contributed by atoms with E-state index in [0.717, 1.165) is 11.3 Å². The lowest BCUT2D eigenvalue weighted by Gasteiger charge is -2.06. The van der Waals surface area contributed by atoms with E-state index in [-0.39, 0.29) is 18.3 Å². The number of methoxy groups -OCH3 is 2. The number of carbonyl (C=O) groups is 1. The predicted octanol–water partition coefficient (Wildman–Crippen LogP) is 1.67. The molecule has 1 heterocycles. The molecule has 1 aromatic carbocycles. The first kappa shape index (κ1) is 13.8. The molecule has 0 radical (unpaired) electrons. The summed E-state index contributed by atoms with van der Waals surface area (Å²) in [5.41, 5.74) is 1.43. The zero-order valence-corrected chi connectivity index (χ0v) is 11.3. The van der Waals surface area contributed by atoms with Gasteiger partial charge >= 0.3 is 6.01 Å². The van der Waals surface area contributed by atoms with E-state index in [9.17, 15) is 4.79 Å². The van der Waals surface area contributed by atoms with Gasteiger partial charge in [0.1, 0.15) is 5.75 Å². The first-order valence-corrected chi connectivity index (χ1v) is 6.00. The van der Waals surface area contributed by atoms with Crippen LogP contribution < -0.4 is 14.8 Å². The largest absolute Gasteiger partial charge is 0.497 e. The maximum Gasteiger partial charge on any atom is 0.316 e. The fraction of sp³-hybridized carbons (Fsp3) is 0.214. The second-order valence-electron chi connectivity index (χ2n) is 4.03. The van der Waals surface area contributed by atoms with E-state index in [0.29, 0.717) is 5.69 Å². The van der Waals surface area contributed by atoms with E-state index in [1.54, 1.807) is 7.11 Å². The lowest BCUT2D eigenvalue weighted by atomic mass is 10.1. The van der Waals surface area contributed by atoms with Crippen LogP contribution in [0.2, 0.25) is 0 Å². The molecule has 0 spiro atoms. The Morgan fingerprint density at radius 1 is 1.10 bits per heavy atom. The van der Waals surface area contributed by atoms with Crippen molar-refractivity contribution in [3.8, 4) is 11.8 Å². The second-order valence-corrected chi connectivity index (χ2v) is 4.03. The molecule has 20 heavy (non-hydrogen) atoms. The minimum absolute atomic E-state index is 0.135. The highest BCUT2D eigenvalue weighted by Gasteiger charge is 2.05. The number of benzene rings is 1. The molecule has 0 aliphatic heterocycles. The summed E-state index contributed by atoms with van der Waals surface area (Å²) in [6.45, 7) is 0. The normalized spacial score (nSPS) is 9.90. The highest BCUT2D eigenvalue weighted by atomic mass is 16.5. The van der Waals surface area contributed by atoms with Crippen molar-refractivity contribution in [2.45, 2.75) is 6.42 Å². The van der Waals surface area contributed by atoms with Gasteiger partial charge in [0.05, 0.1) is 38.7 Å². The number of hydrogen-bond donors (Lipinski definition) is 1. The van der Waals surface area contributed by atoms with Crippen molar-refractivity contribution in [1.29, 1.82) is 0 Å². The molecular formula is C14H15N3O3. The zero-order valence-electron chi connectivity index (χ0n) is 11.3. The van der Waals surface area contributed by atoms with Crippen LogP contribution in [-0.2, 0) is 11.2 Å². The van der Waals surface area contributed by atoms with Gasteiger partial charge in [-0.15, -0.1) is 0 Å². The number of ether oxygens (including phenoxy) is 2. The maximum atomic E-state index is 11.9. The summed E-state index contributed by atoms with van der Waals surface area (Å²) in [4.78, 5) is 19.7. The summed E-state index contributed by atoms with van der Waals surface area (Å²) in [5.74, 6) is 0.627. The monoisotopic (exact) mass is 273 g/mol. The molecule has 0 aliphatic carbocycles. The number of anilines is 1. The molecule has 1 aromatic heterocycles. The Morgan fingerprint density at radius 2 is 1.75 bits per heavy atom. The van der Waals surface area contributed by atoms with Crippen LogP contribution in [-0.4, -0.2) is 30.1 Å². The molecule has 0 aliphatic rings. The summed E-state index contributed by atoms with van der Waals surface area (Å²) in [7, 11) is 3.09. The Morgan fingerprint density at radius 3 is 2.30 bits per heavy atom. The van der Waals surface area contributed by atoms with Gasteiger partial charge in [0, 0.05) is 0 Å². The van der Waals surface area contributed by atoms with Crippen molar-refractivity contribution in [2.24, 2.45) is 0 Å². The summed E-state index contributed by atoms with van der Waals surface area (Å²) >= 11 is 0. The first-order chi connectivity index (χ1) is 9.71. The lowest BCUT2D eigenvalue weighted by molar-refractivity contribution is -0.115. The third-order valence-electron chi connectivity index (χ3n) is 2.62. The average Bonchev–Trinajstić information content (AvgIpc) is 2.49. The van der Waals surface area contributed by atoms with Gasteiger partial charge in [-0.2, -0.15) is 0 Å². The molecule has 0 saturated heterocycles. The second kappa shape index (κ2) is 6.51. The van der Waals surface area contributed by atoms with Gasteiger partial charge in [-0.25, -0.2) is 9.97 Å². The van der Waals surface area contributed by atoms with E-state index in [1.165, 1.54) is 19.5 Å². The van der Waals surface area contributed by atoms with Crippen molar-refractivity contribution in [3.63, 3.8) is 0 Å². The van der Waals surface area contributed by atoms with E-state index in [1.807, 2.05) is 24.3 Å². The number of aromatic nitrogens is 2. The fourth-order valence-corrected chi connectivity index (χ4v) is 1.62. The van der Waals surface area contributed by atoms with Crippen LogP contribution in [0.25, 0.3) is 0 Å². The number of nitrogens with one attached hydrogen (secondary N) is 1. The van der Waals surface area contributed by atoms with Crippen LogP contribution in [0.5, 0.6) is 11.8 Å². The highest BCUT2D eigenvalue weighted by Crippen LogP contribution is 2.12. The topological polar surface area (TPSA) is 73.3 Å². The standard InChI is InChI=1S/C14H15N3O3/c1-19-12-5-3-10(4-6-12)7-13(18)17-11-8-15-14(20-2)16-9-11/h3-6,8-9H,7H2,1-2H3,(H,17,18). The van der Waals surface area contributed by atoms with Crippen molar-refractivity contribution in [2.75, 3.05) is 19.5 Å². The Hall–Kier alpha value is -2.63. The summed E-state index contributed by atoms with van der Waals surface area (Å²) in [5, 5.41) is 2.72. The van der Waals surface area contributed by atoms with Crippen LogP contribution in [0.3, 0.4) is 0 Å². The van der Waals surface area contributed by atoms with Gasteiger partial charge in [0.25, 0.3) is 0 Å². The first-order valence-electron chi connectivity index (χ1n) is 6.00. The molecule has 6 nitrogen and oxygen atoms in total. The minimum Gasteiger partial charge on any atom is -0.497 e. The smallest absolute Gasteiger partial charge is 0.316 e. The van der Waals surface area contributed by atoms with E-state index >= 15 is 0 Å². The molecule has 2 rings (SSSR count). The number of hydrogen-bond acceptors (Lipinski definition) is 5. The molecule has 2 aromatic rings. The third kappa shape index (κ3) is 3.68. The maximum absolute atomic E-state index is 11.9. The van der Waals surface area contributed by atoms with Crippen molar-refractivity contribution in [1.82, 2.24) is 9.97 Å². The molecule has 1 amide bonds. The van der Waals surface area contributed by atoms with E-state index in [4.69, 9.17) is 9.47 Å². The SMILES string of the molecule is COc1ccc(CC(=O)Nc2cnc(OC)nc2)cc1. The summed E-state index contributed by atoms with van der Waals surface area (Å²) < 4.78 is 9.91. The van der Waals surface area contributed by atoms with E-state index < -0.39 is 0 Å². The quantitative estimate of drug-likeness (QED) is 0.897. The van der Waals surface area contributed by atoms with Crippen LogP contribution >= 0.6 is 0 Å². The Balaban J connectivity index is 1.93. The van der Waals surface area contributed by atoms with Crippen LogP contribution in [0, 0.1) is 0 Å². The number of amides is 1. The molecule has 0 fully saturated rings. The average molecular weight is 273 g/mol. The van der Waals surface area contributed by atoms with Gasteiger partial charge < -0.3 is 14.8 Å². The predicted molar refractivity (Wildman–Crippen MR) is 73.9 cm³/mol. The Labute approximate surface area is 116 Å². The molecule has 104 valence electrons. The van der Waals surface area contributed by atoms with Crippen LogP contribution in [0.1, 0.15) is 5.56 Å². The molecule has 1 N–H and O–H groups in total. The van der Waals surface area contributed by atoms with Gasteiger partial charge in [-0.3, -0.25) is 4.79 Å². The van der Waals surface area contributed by atoms with Crippen LogP contribution in [0.15, 0.2) is 36.7 Å². The number of rotatable bonds is 5. The van der Waals surface area contributed by atoms with Crippen molar-refractivity contribution >= 4 is 11.6 Å². The molecule has 0 unspecified atom stereocenters. The van der Waals surface area contributed by atoms with Gasteiger partial charge in [0.15, 0.2) is 0 Å². The number of carbonyl (C=O) groups excluding carboxylic acids is 1. The van der Waals surface area contributed by atoms with E-state index in [2.05, 4.69) is 15.3 Å². The fourth-order valence-electron chi connectivity index (χ4n) is 1.62. The highest BCUT2D eigenvalue weighted by molar-refractivity contribution is 5.91. The molecule has 0 bridgehead atoms. The van der Waals surface area contributed by atoms with Gasteiger partial charge in [-0.05, 0) is 17.7 Å². The van der Waals surface area contributed by atoms with Crippen molar-refractivity contribution in [3.05, 3.63) is 42.2 Å². The number of nitrogens with zero attached hydrogens (tertiary/aromatic N) is 2. The summed E-state index contributed by atoms with van der Waals surface area (Å²) in [6.07, 6.45) is 3.27. The molecule has 6 heteroatoms. The Kier molecular flexibility index (Phi) is 4.49. The Bertz CT molecular complexity index is 516. The zero-order chi connectivity index (χ0) is 14.4. The molecule has 0 saturated carbocycles. The van der Waals surface area contributed by atoms with Crippen molar-refractivity contribution < 1.29 is 14.3 Å². The summed E-state index contributed by atoms with van der Waals surface area (Å²) in [6, 6.07) is 7.60. The van der Waals surface area contributed by atoms with Gasteiger partial charge in [-0.1, -0.05) is 12.1 Å². The lowest BCUT2D eigenvalue weighted by Crippen LogP contribution is -2.14. The minimum atomic E-state index is -0.135. The third-order valence-corrected chi connectivity index (χ3v) is 2.62. The molecular weight excluding hydrogens is 258 g/mol. The van der Waals surface area contributed by atoms with Gasteiger partial charge in [0.2, 0.25) is 5.91 Å². The van der Waals surface area contributed by atoms with Crippen LogP contribution in [0.4, 0.5) is 5.69 Å². The molecule has 0 atom stereocenters.